The average Bonchev–Trinajstić information content (AvgIpc) is 2.85. The summed E-state index contributed by atoms with van der Waals surface area (Å²) < 4.78 is 30.0. The monoisotopic (exact) mass is 314 g/mol. The van der Waals surface area contributed by atoms with E-state index in [-0.39, 0.29) is 6.04 Å². The van der Waals surface area contributed by atoms with E-state index >= 15 is 0 Å². The number of anilines is 2. The van der Waals surface area contributed by atoms with Gasteiger partial charge >= 0.3 is 0 Å². The summed E-state index contributed by atoms with van der Waals surface area (Å²) in [4.78, 5) is 0. The van der Waals surface area contributed by atoms with Crippen molar-refractivity contribution in [3.05, 3.63) is 47.4 Å². The predicted molar refractivity (Wildman–Crippen MR) is 80.7 cm³/mol. The summed E-state index contributed by atoms with van der Waals surface area (Å²) in [5.41, 5.74) is 1.13. The molecule has 0 saturated carbocycles. The summed E-state index contributed by atoms with van der Waals surface area (Å²) in [6.45, 7) is 1.95. The second kappa shape index (κ2) is 5.76. The normalized spacial score (nSPS) is 12.9. The molecule has 7 heteroatoms. The Morgan fingerprint density at radius 3 is 2.60 bits per heavy atom. The van der Waals surface area contributed by atoms with Crippen molar-refractivity contribution >= 4 is 33.0 Å². The summed E-state index contributed by atoms with van der Waals surface area (Å²) in [6.07, 6.45) is 2.69. The summed E-state index contributed by atoms with van der Waals surface area (Å²) in [6, 6.07) is 8.70. The lowest BCUT2D eigenvalue weighted by atomic mass is 10.2. The van der Waals surface area contributed by atoms with Crippen molar-refractivity contribution in [2.75, 3.05) is 16.3 Å². The van der Waals surface area contributed by atoms with E-state index in [4.69, 9.17) is 16.0 Å². The number of nitrogens with one attached hydrogen (secondary N) is 2. The maximum absolute atomic E-state index is 11.2. The standard InChI is InChI=1S/C13H15ClN2O3S/c1-9(13-4-3-7-19-13)15-10-5-6-12(11(14)8-10)16-20(2,17)18/h3-9,15-16H,1-2H3. The molecule has 108 valence electrons. The molecule has 1 aromatic carbocycles. The highest BCUT2D eigenvalue weighted by molar-refractivity contribution is 7.92. The summed E-state index contributed by atoms with van der Waals surface area (Å²) in [5, 5.41) is 3.55. The quantitative estimate of drug-likeness (QED) is 0.886. The van der Waals surface area contributed by atoms with Crippen molar-refractivity contribution in [3.63, 3.8) is 0 Å². The molecular weight excluding hydrogens is 300 g/mol. The molecule has 1 aromatic heterocycles. The van der Waals surface area contributed by atoms with Crippen LogP contribution in [0.15, 0.2) is 41.0 Å². The van der Waals surface area contributed by atoms with Gasteiger partial charge in [-0.25, -0.2) is 8.42 Å². The van der Waals surface area contributed by atoms with Crippen molar-refractivity contribution in [2.45, 2.75) is 13.0 Å². The highest BCUT2D eigenvalue weighted by atomic mass is 35.5. The van der Waals surface area contributed by atoms with Gasteiger partial charge in [0.1, 0.15) is 5.76 Å². The predicted octanol–water partition coefficient (Wildman–Crippen LogP) is 3.48. The molecule has 20 heavy (non-hydrogen) atoms. The third kappa shape index (κ3) is 3.91. The van der Waals surface area contributed by atoms with Crippen LogP contribution in [0.2, 0.25) is 5.02 Å². The van der Waals surface area contributed by atoms with Gasteiger partial charge in [-0.15, -0.1) is 0 Å². The third-order valence-electron chi connectivity index (χ3n) is 2.62. The van der Waals surface area contributed by atoms with E-state index in [1.807, 2.05) is 19.1 Å². The van der Waals surface area contributed by atoms with Crippen LogP contribution in [0, 0.1) is 0 Å². The molecular formula is C13H15ClN2O3S. The number of hydrogen-bond acceptors (Lipinski definition) is 4. The van der Waals surface area contributed by atoms with Crippen LogP contribution in [0.1, 0.15) is 18.7 Å². The smallest absolute Gasteiger partial charge is 0.229 e. The van der Waals surface area contributed by atoms with Crippen molar-refractivity contribution in [3.8, 4) is 0 Å². The van der Waals surface area contributed by atoms with E-state index in [9.17, 15) is 8.42 Å². The Bertz CT molecular complexity index is 684. The van der Waals surface area contributed by atoms with Crippen LogP contribution >= 0.6 is 11.6 Å². The Morgan fingerprint density at radius 2 is 2.05 bits per heavy atom. The molecule has 2 aromatic rings. The lowest BCUT2D eigenvalue weighted by molar-refractivity contribution is 0.490. The summed E-state index contributed by atoms with van der Waals surface area (Å²) in [5.74, 6) is 0.805. The van der Waals surface area contributed by atoms with E-state index in [0.717, 1.165) is 17.7 Å². The second-order valence-electron chi connectivity index (χ2n) is 4.45. The zero-order chi connectivity index (χ0) is 14.8. The first kappa shape index (κ1) is 14.7. The Balaban J connectivity index is 2.13. The van der Waals surface area contributed by atoms with E-state index in [0.29, 0.717) is 10.7 Å². The molecule has 0 aliphatic rings. The fourth-order valence-corrected chi connectivity index (χ4v) is 2.61. The van der Waals surface area contributed by atoms with E-state index in [2.05, 4.69) is 10.0 Å². The minimum atomic E-state index is -3.34. The molecule has 1 heterocycles. The van der Waals surface area contributed by atoms with Crippen molar-refractivity contribution in [1.82, 2.24) is 0 Å². The zero-order valence-corrected chi connectivity index (χ0v) is 12.6. The molecule has 0 bridgehead atoms. The maximum atomic E-state index is 11.2. The molecule has 0 spiro atoms. The van der Waals surface area contributed by atoms with Gasteiger partial charge in [-0.1, -0.05) is 11.6 Å². The maximum Gasteiger partial charge on any atom is 0.229 e. The Hall–Kier alpha value is -1.66. The van der Waals surface area contributed by atoms with Gasteiger partial charge < -0.3 is 9.73 Å². The molecule has 1 atom stereocenters. The fraction of sp³-hybridized carbons (Fsp3) is 0.231. The van der Waals surface area contributed by atoms with Gasteiger partial charge in [0.25, 0.3) is 0 Å². The molecule has 0 aliphatic carbocycles. The third-order valence-corrected chi connectivity index (χ3v) is 3.52. The van der Waals surface area contributed by atoms with Crippen molar-refractivity contribution in [2.24, 2.45) is 0 Å². The van der Waals surface area contributed by atoms with Crippen LogP contribution < -0.4 is 10.0 Å². The SMILES string of the molecule is CC(Nc1ccc(NS(C)(=O)=O)c(Cl)c1)c1ccco1. The first-order chi connectivity index (χ1) is 9.35. The molecule has 1 unspecified atom stereocenters. The molecule has 2 N–H and O–H groups in total. The van der Waals surface area contributed by atoms with Gasteiger partial charge in [0.05, 0.1) is 29.3 Å². The number of benzene rings is 1. The number of halogens is 1. The Morgan fingerprint density at radius 1 is 1.30 bits per heavy atom. The molecule has 2 rings (SSSR count). The van der Waals surface area contributed by atoms with Crippen molar-refractivity contribution in [1.29, 1.82) is 0 Å². The van der Waals surface area contributed by atoms with Crippen LogP contribution in [-0.4, -0.2) is 14.7 Å². The van der Waals surface area contributed by atoms with Crippen LogP contribution in [-0.2, 0) is 10.0 Å². The van der Waals surface area contributed by atoms with Crippen LogP contribution in [0.25, 0.3) is 0 Å². The largest absolute Gasteiger partial charge is 0.467 e. The topological polar surface area (TPSA) is 71.3 Å². The lowest BCUT2D eigenvalue weighted by Gasteiger charge is -2.14. The van der Waals surface area contributed by atoms with Crippen LogP contribution in [0.3, 0.4) is 0 Å². The zero-order valence-electron chi connectivity index (χ0n) is 11.1. The van der Waals surface area contributed by atoms with E-state index in [1.54, 1.807) is 24.5 Å². The summed E-state index contributed by atoms with van der Waals surface area (Å²) >= 11 is 6.05. The van der Waals surface area contributed by atoms with E-state index < -0.39 is 10.0 Å². The Labute approximate surface area is 123 Å². The summed E-state index contributed by atoms with van der Waals surface area (Å²) in [7, 11) is -3.34. The van der Waals surface area contributed by atoms with Gasteiger partial charge in [0.2, 0.25) is 10.0 Å². The van der Waals surface area contributed by atoms with Gasteiger partial charge in [-0.05, 0) is 37.3 Å². The minimum absolute atomic E-state index is 0.0187. The number of sulfonamides is 1. The average molecular weight is 315 g/mol. The Kier molecular flexibility index (Phi) is 4.25. The number of furan rings is 1. The highest BCUT2D eigenvalue weighted by Crippen LogP contribution is 2.28. The van der Waals surface area contributed by atoms with Gasteiger partial charge in [-0.2, -0.15) is 0 Å². The van der Waals surface area contributed by atoms with E-state index in [1.165, 1.54) is 0 Å². The minimum Gasteiger partial charge on any atom is -0.467 e. The first-order valence-electron chi connectivity index (χ1n) is 5.92. The second-order valence-corrected chi connectivity index (χ2v) is 6.61. The highest BCUT2D eigenvalue weighted by Gasteiger charge is 2.10. The molecule has 0 fully saturated rings. The molecule has 0 amide bonds. The molecule has 0 radical (unpaired) electrons. The van der Waals surface area contributed by atoms with Gasteiger partial charge in [0, 0.05) is 5.69 Å². The lowest BCUT2D eigenvalue weighted by Crippen LogP contribution is -2.10. The van der Waals surface area contributed by atoms with Crippen molar-refractivity contribution < 1.29 is 12.8 Å². The number of rotatable bonds is 5. The number of hydrogen-bond donors (Lipinski definition) is 2. The fourth-order valence-electron chi connectivity index (χ4n) is 1.75. The van der Waals surface area contributed by atoms with Gasteiger partial charge in [-0.3, -0.25) is 4.72 Å². The first-order valence-corrected chi connectivity index (χ1v) is 8.19. The van der Waals surface area contributed by atoms with Gasteiger partial charge in [0.15, 0.2) is 0 Å². The molecule has 0 aliphatic heterocycles. The van der Waals surface area contributed by atoms with Crippen LogP contribution in [0.5, 0.6) is 0 Å². The molecule has 0 saturated heterocycles. The molecule has 5 nitrogen and oxygen atoms in total. The van der Waals surface area contributed by atoms with Crippen LogP contribution in [0.4, 0.5) is 11.4 Å².